The van der Waals surface area contributed by atoms with E-state index in [1.54, 1.807) is 6.20 Å². The van der Waals surface area contributed by atoms with Crippen LogP contribution in [0.25, 0.3) is 4.96 Å². The number of thiazole rings is 1. The fraction of sp³-hybridized carbons (Fsp3) is 0.154. The highest BCUT2D eigenvalue weighted by Gasteiger charge is 2.19. The van der Waals surface area contributed by atoms with Crippen LogP contribution in [0.15, 0.2) is 29.9 Å². The maximum atomic E-state index is 13.6. The molecule has 0 bridgehead atoms. The third-order valence-electron chi connectivity index (χ3n) is 2.99. The summed E-state index contributed by atoms with van der Waals surface area (Å²) >= 11 is 1.45. The highest BCUT2D eigenvalue weighted by atomic mass is 32.1. The molecule has 1 aromatic carbocycles. The molecule has 20 heavy (non-hydrogen) atoms. The van der Waals surface area contributed by atoms with Gasteiger partial charge in [0, 0.05) is 47.9 Å². The molecule has 2 aromatic heterocycles. The van der Waals surface area contributed by atoms with Gasteiger partial charge < -0.3 is 5.73 Å². The van der Waals surface area contributed by atoms with E-state index in [9.17, 15) is 13.2 Å². The second-order valence-corrected chi connectivity index (χ2v) is 5.29. The second-order valence-electron chi connectivity index (χ2n) is 4.42. The number of aromatic nitrogens is 2. The zero-order valence-electron chi connectivity index (χ0n) is 10.2. The Morgan fingerprint density at radius 2 is 1.95 bits per heavy atom. The maximum Gasteiger partial charge on any atom is 0.193 e. The Kier molecular flexibility index (Phi) is 3.23. The van der Waals surface area contributed by atoms with E-state index in [0.717, 1.165) is 4.96 Å². The molecule has 0 aliphatic heterocycles. The number of nitrogens with zero attached hydrogens (tertiary/aromatic N) is 2. The lowest BCUT2D eigenvalue weighted by molar-refractivity contribution is 0.501. The van der Waals surface area contributed by atoms with Crippen LogP contribution >= 0.6 is 11.3 Å². The molecule has 0 aliphatic rings. The topological polar surface area (TPSA) is 43.3 Å². The molecule has 3 aromatic rings. The molecular formula is C13H10F3N3S. The monoisotopic (exact) mass is 297 g/mol. The minimum absolute atomic E-state index is 0.174. The fourth-order valence-electron chi connectivity index (χ4n) is 2.11. The van der Waals surface area contributed by atoms with E-state index in [4.69, 9.17) is 5.73 Å². The highest BCUT2D eigenvalue weighted by molar-refractivity contribution is 7.15. The van der Waals surface area contributed by atoms with Gasteiger partial charge in [0.2, 0.25) is 0 Å². The van der Waals surface area contributed by atoms with Crippen molar-refractivity contribution >= 4 is 16.3 Å². The molecule has 0 saturated heterocycles. The largest absolute Gasteiger partial charge is 0.323 e. The van der Waals surface area contributed by atoms with Gasteiger partial charge in [0.15, 0.2) is 4.96 Å². The molecule has 0 amide bonds. The molecule has 1 atom stereocenters. The Labute approximate surface area is 116 Å². The van der Waals surface area contributed by atoms with Gasteiger partial charge in [-0.3, -0.25) is 4.40 Å². The quantitative estimate of drug-likeness (QED) is 0.807. The van der Waals surface area contributed by atoms with E-state index in [1.165, 1.54) is 11.3 Å². The molecule has 0 spiro atoms. The summed E-state index contributed by atoms with van der Waals surface area (Å²) in [4.78, 5) is 5.08. The predicted octanol–water partition coefficient (Wildman–Crippen LogP) is 3.06. The summed E-state index contributed by atoms with van der Waals surface area (Å²) in [5.74, 6) is -2.91. The van der Waals surface area contributed by atoms with E-state index >= 15 is 0 Å². The second kappa shape index (κ2) is 4.92. The molecule has 104 valence electrons. The van der Waals surface area contributed by atoms with Gasteiger partial charge >= 0.3 is 0 Å². The van der Waals surface area contributed by atoms with Crippen molar-refractivity contribution in [3.05, 3.63) is 58.6 Å². The Morgan fingerprint density at radius 1 is 1.25 bits per heavy atom. The number of halogens is 3. The van der Waals surface area contributed by atoms with Crippen molar-refractivity contribution in [2.45, 2.75) is 12.5 Å². The Morgan fingerprint density at radius 3 is 2.60 bits per heavy atom. The Bertz CT molecular complexity index is 714. The molecular weight excluding hydrogens is 287 g/mol. The van der Waals surface area contributed by atoms with E-state index in [-0.39, 0.29) is 12.0 Å². The normalized spacial score (nSPS) is 13.0. The van der Waals surface area contributed by atoms with Crippen molar-refractivity contribution in [2.24, 2.45) is 5.73 Å². The van der Waals surface area contributed by atoms with Crippen molar-refractivity contribution in [3.63, 3.8) is 0 Å². The van der Waals surface area contributed by atoms with Gasteiger partial charge in [-0.05, 0) is 0 Å². The lowest BCUT2D eigenvalue weighted by Gasteiger charge is -2.12. The van der Waals surface area contributed by atoms with Crippen LogP contribution in [0.2, 0.25) is 0 Å². The summed E-state index contributed by atoms with van der Waals surface area (Å²) in [5, 5.41) is 1.88. The van der Waals surface area contributed by atoms with Gasteiger partial charge in [-0.2, -0.15) is 0 Å². The van der Waals surface area contributed by atoms with Crippen LogP contribution in [0.5, 0.6) is 0 Å². The average molecular weight is 297 g/mol. The first-order valence-corrected chi connectivity index (χ1v) is 6.73. The van der Waals surface area contributed by atoms with Crippen LogP contribution in [-0.4, -0.2) is 9.38 Å². The van der Waals surface area contributed by atoms with Gasteiger partial charge in [-0.25, -0.2) is 18.2 Å². The van der Waals surface area contributed by atoms with E-state index < -0.39 is 23.5 Å². The molecule has 3 rings (SSSR count). The zero-order chi connectivity index (χ0) is 14.3. The zero-order valence-corrected chi connectivity index (χ0v) is 11.0. The van der Waals surface area contributed by atoms with Crippen molar-refractivity contribution in [3.8, 4) is 0 Å². The number of hydrogen-bond acceptors (Lipinski definition) is 3. The summed E-state index contributed by atoms with van der Waals surface area (Å²) < 4.78 is 41.9. The minimum atomic E-state index is -0.976. The number of rotatable bonds is 3. The van der Waals surface area contributed by atoms with Crippen LogP contribution in [0, 0.1) is 17.5 Å². The minimum Gasteiger partial charge on any atom is -0.323 e. The molecule has 2 N–H and O–H groups in total. The molecule has 1 unspecified atom stereocenters. The third-order valence-corrected chi connectivity index (χ3v) is 3.76. The number of hydrogen-bond donors (Lipinski definition) is 1. The first-order valence-electron chi connectivity index (χ1n) is 5.85. The number of fused-ring (bicyclic) bond motifs is 1. The van der Waals surface area contributed by atoms with Crippen LogP contribution in [0.4, 0.5) is 13.2 Å². The predicted molar refractivity (Wildman–Crippen MR) is 70.0 cm³/mol. The van der Waals surface area contributed by atoms with E-state index in [0.29, 0.717) is 17.8 Å². The third kappa shape index (κ3) is 2.30. The fourth-order valence-corrected chi connectivity index (χ4v) is 2.83. The standard InChI is InChI=1S/C13H10F3N3S/c14-7-3-9(15)12(10(16)4-7)11(17)5-8-6-19-1-2-20-13(19)18-8/h1-4,6,11H,5,17H2. The molecule has 3 nitrogen and oxygen atoms in total. The summed E-state index contributed by atoms with van der Waals surface area (Å²) in [6.07, 6.45) is 3.76. The summed E-state index contributed by atoms with van der Waals surface area (Å²) in [6.45, 7) is 0. The van der Waals surface area contributed by atoms with Crippen LogP contribution < -0.4 is 5.73 Å². The van der Waals surface area contributed by atoms with Crippen molar-refractivity contribution < 1.29 is 13.2 Å². The molecule has 0 radical (unpaired) electrons. The van der Waals surface area contributed by atoms with Crippen molar-refractivity contribution in [1.82, 2.24) is 9.38 Å². The summed E-state index contributed by atoms with van der Waals surface area (Å²) in [6, 6.07) is 0.341. The van der Waals surface area contributed by atoms with Crippen LogP contribution in [0.3, 0.4) is 0 Å². The van der Waals surface area contributed by atoms with E-state index in [1.807, 2.05) is 16.0 Å². The number of nitrogens with two attached hydrogens (primary N) is 1. The molecule has 7 heteroatoms. The van der Waals surface area contributed by atoms with Crippen molar-refractivity contribution in [2.75, 3.05) is 0 Å². The van der Waals surface area contributed by atoms with Crippen LogP contribution in [0.1, 0.15) is 17.3 Å². The Balaban J connectivity index is 1.89. The number of benzene rings is 1. The van der Waals surface area contributed by atoms with Gasteiger partial charge in [-0.1, -0.05) is 0 Å². The number of imidazole rings is 1. The highest BCUT2D eigenvalue weighted by Crippen LogP contribution is 2.24. The van der Waals surface area contributed by atoms with Gasteiger partial charge in [0.05, 0.1) is 5.69 Å². The smallest absolute Gasteiger partial charge is 0.193 e. The average Bonchev–Trinajstić information content (AvgIpc) is 2.87. The maximum absolute atomic E-state index is 13.6. The molecule has 0 saturated carbocycles. The van der Waals surface area contributed by atoms with Crippen molar-refractivity contribution in [1.29, 1.82) is 0 Å². The lowest BCUT2D eigenvalue weighted by atomic mass is 10.0. The summed E-state index contributed by atoms with van der Waals surface area (Å²) in [7, 11) is 0. The molecule has 0 fully saturated rings. The van der Waals surface area contributed by atoms with Gasteiger partial charge in [-0.15, -0.1) is 11.3 Å². The molecule has 2 heterocycles. The molecule has 0 aliphatic carbocycles. The first-order chi connectivity index (χ1) is 9.54. The SMILES string of the molecule is NC(Cc1cn2ccsc2n1)c1c(F)cc(F)cc1F. The van der Waals surface area contributed by atoms with Crippen LogP contribution in [-0.2, 0) is 6.42 Å². The van der Waals surface area contributed by atoms with Gasteiger partial charge in [0.25, 0.3) is 0 Å². The Hall–Kier alpha value is -1.86. The lowest BCUT2D eigenvalue weighted by Crippen LogP contribution is -2.17. The summed E-state index contributed by atoms with van der Waals surface area (Å²) in [5.41, 5.74) is 6.14. The van der Waals surface area contributed by atoms with E-state index in [2.05, 4.69) is 4.98 Å². The van der Waals surface area contributed by atoms with Gasteiger partial charge in [0.1, 0.15) is 17.5 Å². The first kappa shape index (κ1) is 13.1.